The van der Waals surface area contributed by atoms with Crippen molar-refractivity contribution in [2.24, 2.45) is 5.41 Å². The molecule has 0 radical (unpaired) electrons. The number of hydrogen-bond acceptors (Lipinski definition) is 4. The van der Waals surface area contributed by atoms with E-state index in [4.69, 9.17) is 4.74 Å². The summed E-state index contributed by atoms with van der Waals surface area (Å²) in [6.45, 7) is 4.36. The lowest BCUT2D eigenvalue weighted by Gasteiger charge is -2.57. The molecule has 146 valence electrons. The SMILES string of the molecule is CC[C@]12CCCN3CCc4c(n(c5ccccc45)[C@@](O)(C(=O)OC)C1)[C@@H]32.Cl. The van der Waals surface area contributed by atoms with Crippen LogP contribution >= 0.6 is 12.4 Å². The van der Waals surface area contributed by atoms with Crippen LogP contribution in [0.3, 0.4) is 0 Å². The van der Waals surface area contributed by atoms with Gasteiger partial charge in [0.05, 0.1) is 18.7 Å². The van der Waals surface area contributed by atoms with Crippen LogP contribution in [0.15, 0.2) is 24.3 Å². The third kappa shape index (κ3) is 2.22. The van der Waals surface area contributed by atoms with E-state index in [-0.39, 0.29) is 23.9 Å². The summed E-state index contributed by atoms with van der Waals surface area (Å²) in [7, 11) is 1.37. The number of rotatable bonds is 2. The number of para-hydroxylation sites is 1. The quantitative estimate of drug-likeness (QED) is 0.799. The Morgan fingerprint density at radius 3 is 2.85 bits per heavy atom. The van der Waals surface area contributed by atoms with E-state index in [1.54, 1.807) is 0 Å². The standard InChI is InChI=1S/C21H26N2O3.ClH/c1-3-20-10-6-11-22-12-9-15-14-7-4-5-8-16(14)23(17(15)18(20)22)21(25,13-20)19(24)26-2;/h4-5,7-8,18,25H,3,6,9-13H2,1-2H3;1H/t18-,20+,21+;/m1./s1. The van der Waals surface area contributed by atoms with E-state index in [1.165, 1.54) is 18.1 Å². The van der Waals surface area contributed by atoms with Crippen LogP contribution in [-0.4, -0.2) is 40.7 Å². The largest absolute Gasteiger partial charge is 0.465 e. The molecule has 27 heavy (non-hydrogen) atoms. The third-order valence-corrected chi connectivity index (χ3v) is 7.18. The number of halogens is 1. The number of aromatic nitrogens is 1. The number of nitrogens with zero attached hydrogens (tertiary/aromatic N) is 2. The molecule has 0 unspecified atom stereocenters. The number of aliphatic hydroxyl groups is 1. The summed E-state index contributed by atoms with van der Waals surface area (Å²) in [5.41, 5.74) is 1.69. The van der Waals surface area contributed by atoms with Gasteiger partial charge in [0.25, 0.3) is 0 Å². The lowest BCUT2D eigenvalue weighted by Crippen LogP contribution is -2.60. The monoisotopic (exact) mass is 390 g/mol. The predicted molar refractivity (Wildman–Crippen MR) is 106 cm³/mol. The summed E-state index contributed by atoms with van der Waals surface area (Å²) < 4.78 is 7.01. The summed E-state index contributed by atoms with van der Waals surface area (Å²) in [6, 6.07) is 8.45. The summed E-state index contributed by atoms with van der Waals surface area (Å²) in [5.74, 6) is -0.546. The molecular weight excluding hydrogens is 364 g/mol. The van der Waals surface area contributed by atoms with Gasteiger partial charge in [-0.05, 0) is 49.3 Å². The molecule has 3 aliphatic rings. The maximum absolute atomic E-state index is 12.8. The summed E-state index contributed by atoms with van der Waals surface area (Å²) >= 11 is 0. The number of carbonyl (C=O) groups is 1. The van der Waals surface area contributed by atoms with Crippen molar-refractivity contribution in [1.29, 1.82) is 0 Å². The minimum absolute atomic E-state index is 0. The Morgan fingerprint density at radius 2 is 2.11 bits per heavy atom. The molecule has 1 saturated heterocycles. The van der Waals surface area contributed by atoms with Crippen molar-refractivity contribution < 1.29 is 14.6 Å². The van der Waals surface area contributed by atoms with Gasteiger partial charge >= 0.3 is 5.97 Å². The van der Waals surface area contributed by atoms with Crippen molar-refractivity contribution in [2.75, 3.05) is 20.2 Å². The van der Waals surface area contributed by atoms with E-state index in [1.807, 2.05) is 22.8 Å². The molecule has 1 aromatic heterocycles. The number of hydrogen-bond donors (Lipinski definition) is 1. The Bertz CT molecular complexity index is 910. The van der Waals surface area contributed by atoms with Crippen LogP contribution in [0.5, 0.6) is 0 Å². The van der Waals surface area contributed by atoms with Gasteiger partial charge in [0.2, 0.25) is 5.72 Å². The number of esters is 1. The molecule has 0 aliphatic carbocycles. The highest BCUT2D eigenvalue weighted by Crippen LogP contribution is 2.60. The topological polar surface area (TPSA) is 54.7 Å². The van der Waals surface area contributed by atoms with Crippen LogP contribution in [0.25, 0.3) is 10.9 Å². The molecule has 4 heterocycles. The fourth-order valence-corrected chi connectivity index (χ4v) is 6.10. The van der Waals surface area contributed by atoms with Gasteiger partial charge in [0.1, 0.15) is 0 Å². The Morgan fingerprint density at radius 1 is 1.33 bits per heavy atom. The zero-order chi connectivity index (χ0) is 18.1. The van der Waals surface area contributed by atoms with E-state index >= 15 is 0 Å². The number of carbonyl (C=O) groups excluding carboxylic acids is 1. The molecule has 3 atom stereocenters. The van der Waals surface area contributed by atoms with Gasteiger partial charge < -0.3 is 14.4 Å². The lowest BCUT2D eigenvalue weighted by atomic mass is 9.62. The molecule has 0 spiro atoms. The van der Waals surface area contributed by atoms with Gasteiger partial charge in [-0.25, -0.2) is 4.79 Å². The minimum Gasteiger partial charge on any atom is -0.465 e. The maximum atomic E-state index is 12.8. The first-order valence-electron chi connectivity index (χ1n) is 9.73. The van der Waals surface area contributed by atoms with Gasteiger partial charge in [0, 0.05) is 24.0 Å². The van der Waals surface area contributed by atoms with Crippen LogP contribution in [0.2, 0.25) is 0 Å². The van der Waals surface area contributed by atoms with Crippen molar-refractivity contribution in [3.05, 3.63) is 35.5 Å². The van der Waals surface area contributed by atoms with Crippen molar-refractivity contribution in [3.63, 3.8) is 0 Å². The smallest absolute Gasteiger partial charge is 0.359 e. The molecule has 2 aromatic rings. The molecule has 1 N–H and O–H groups in total. The van der Waals surface area contributed by atoms with Crippen molar-refractivity contribution in [2.45, 2.75) is 50.8 Å². The van der Waals surface area contributed by atoms with Crippen LogP contribution in [-0.2, 0) is 21.7 Å². The van der Waals surface area contributed by atoms with Crippen molar-refractivity contribution in [3.8, 4) is 0 Å². The number of fused-ring (bicyclic) bond motifs is 3. The fourth-order valence-electron chi connectivity index (χ4n) is 6.10. The van der Waals surface area contributed by atoms with Crippen LogP contribution < -0.4 is 0 Å². The molecule has 6 heteroatoms. The number of methoxy groups -OCH3 is 1. The predicted octanol–water partition coefficient (Wildman–Crippen LogP) is 3.37. The molecule has 1 aromatic carbocycles. The van der Waals surface area contributed by atoms with E-state index in [2.05, 4.69) is 17.9 Å². The average Bonchev–Trinajstić information content (AvgIpc) is 3.02. The zero-order valence-electron chi connectivity index (χ0n) is 15.9. The lowest BCUT2D eigenvalue weighted by molar-refractivity contribution is -0.194. The Balaban J connectivity index is 0.00000180. The highest BCUT2D eigenvalue weighted by Gasteiger charge is 2.60. The number of benzene rings is 1. The molecular formula is C21H27ClN2O3. The van der Waals surface area contributed by atoms with E-state index in [9.17, 15) is 9.90 Å². The number of piperidine rings is 1. The van der Waals surface area contributed by atoms with Gasteiger partial charge in [-0.2, -0.15) is 0 Å². The first-order chi connectivity index (χ1) is 12.6. The second kappa shape index (κ2) is 6.23. The van der Waals surface area contributed by atoms with Gasteiger partial charge in [-0.3, -0.25) is 4.90 Å². The Hall–Kier alpha value is -1.56. The normalized spacial score (nSPS) is 31.9. The maximum Gasteiger partial charge on any atom is 0.359 e. The Labute approximate surface area is 165 Å². The van der Waals surface area contributed by atoms with E-state index in [0.29, 0.717) is 6.42 Å². The summed E-state index contributed by atoms with van der Waals surface area (Å²) in [5, 5.41) is 12.9. The van der Waals surface area contributed by atoms with Crippen LogP contribution in [0.4, 0.5) is 0 Å². The van der Waals surface area contributed by atoms with E-state index in [0.717, 1.165) is 50.0 Å². The molecule has 1 fully saturated rings. The van der Waals surface area contributed by atoms with Crippen molar-refractivity contribution in [1.82, 2.24) is 9.47 Å². The van der Waals surface area contributed by atoms with Crippen LogP contribution in [0, 0.1) is 5.41 Å². The molecule has 5 rings (SSSR count). The molecule has 0 bridgehead atoms. The molecule has 5 nitrogen and oxygen atoms in total. The second-order valence-electron chi connectivity index (χ2n) is 8.21. The average molecular weight is 391 g/mol. The molecule has 0 amide bonds. The van der Waals surface area contributed by atoms with E-state index < -0.39 is 11.7 Å². The second-order valence-corrected chi connectivity index (χ2v) is 8.21. The fraction of sp³-hybridized carbons (Fsp3) is 0.571. The number of ether oxygens (including phenoxy) is 1. The first kappa shape index (κ1) is 18.8. The summed E-state index contributed by atoms with van der Waals surface area (Å²) in [6.07, 6.45) is 4.52. The van der Waals surface area contributed by atoms with Gasteiger partial charge in [-0.15, -0.1) is 12.4 Å². The third-order valence-electron chi connectivity index (χ3n) is 7.18. The Kier molecular flexibility index (Phi) is 4.33. The highest BCUT2D eigenvalue weighted by molar-refractivity contribution is 5.90. The zero-order valence-corrected chi connectivity index (χ0v) is 16.7. The molecule has 0 saturated carbocycles. The van der Waals surface area contributed by atoms with Gasteiger partial charge in [-0.1, -0.05) is 25.1 Å². The minimum atomic E-state index is -1.63. The first-order valence-corrected chi connectivity index (χ1v) is 9.73. The molecule has 3 aliphatic heterocycles. The van der Waals surface area contributed by atoms with Crippen molar-refractivity contribution >= 4 is 29.3 Å². The van der Waals surface area contributed by atoms with Gasteiger partial charge in [0.15, 0.2) is 0 Å². The highest BCUT2D eigenvalue weighted by atomic mass is 35.5. The van der Waals surface area contributed by atoms with Crippen LogP contribution in [0.1, 0.15) is 49.9 Å². The summed E-state index contributed by atoms with van der Waals surface area (Å²) in [4.78, 5) is 15.4.